The van der Waals surface area contributed by atoms with Gasteiger partial charge in [0.25, 0.3) is 0 Å². The van der Waals surface area contributed by atoms with Crippen LogP contribution in [0.25, 0.3) is 10.2 Å². The van der Waals surface area contributed by atoms with Gasteiger partial charge in [0.1, 0.15) is 10.6 Å². The third kappa shape index (κ3) is 1.58. The van der Waals surface area contributed by atoms with Crippen molar-refractivity contribution in [3.8, 4) is 0 Å². The third-order valence-corrected chi connectivity index (χ3v) is 3.68. The molecule has 2 aromatic heterocycles. The summed E-state index contributed by atoms with van der Waals surface area (Å²) in [6.07, 6.45) is 2.51. The van der Waals surface area contributed by atoms with Gasteiger partial charge >= 0.3 is 0 Å². The van der Waals surface area contributed by atoms with E-state index in [0.29, 0.717) is 11.3 Å². The highest BCUT2D eigenvalue weighted by atomic mass is 35.5. The summed E-state index contributed by atoms with van der Waals surface area (Å²) in [6, 6.07) is 2.70. The molecule has 0 aliphatic heterocycles. The molecule has 0 amide bonds. The van der Waals surface area contributed by atoms with Gasteiger partial charge in [-0.3, -0.25) is 0 Å². The molecule has 0 N–H and O–H groups in total. The minimum absolute atomic E-state index is 0.340. The zero-order valence-electron chi connectivity index (χ0n) is 8.27. The van der Waals surface area contributed by atoms with Gasteiger partial charge in [0.05, 0.1) is 5.39 Å². The lowest BCUT2D eigenvalue weighted by Crippen LogP contribution is -2.21. The van der Waals surface area contributed by atoms with Crippen LogP contribution in [0.3, 0.4) is 0 Å². The summed E-state index contributed by atoms with van der Waals surface area (Å²) < 4.78 is 0. The Morgan fingerprint density at radius 1 is 1.47 bits per heavy atom. The smallest absolute Gasteiger partial charge is 0.225 e. The van der Waals surface area contributed by atoms with Gasteiger partial charge in [0, 0.05) is 13.1 Å². The summed E-state index contributed by atoms with van der Waals surface area (Å²) in [7, 11) is 2.08. The van der Waals surface area contributed by atoms with Gasteiger partial charge in [-0.25, -0.2) is 4.98 Å². The molecule has 1 saturated carbocycles. The lowest BCUT2D eigenvalue weighted by atomic mass is 10.3. The Labute approximate surface area is 96.7 Å². The molecule has 2 aromatic rings. The van der Waals surface area contributed by atoms with Crippen LogP contribution in [0.4, 0.5) is 5.82 Å². The van der Waals surface area contributed by atoms with E-state index in [1.54, 1.807) is 11.3 Å². The van der Waals surface area contributed by atoms with Gasteiger partial charge in [-0.05, 0) is 35.9 Å². The number of aromatic nitrogens is 2. The highest BCUT2D eigenvalue weighted by Crippen LogP contribution is 2.34. The molecule has 78 valence electrons. The van der Waals surface area contributed by atoms with Crippen molar-refractivity contribution in [3.63, 3.8) is 0 Å². The fraction of sp³-hybridized carbons (Fsp3) is 0.400. The molecule has 0 unspecified atom stereocenters. The number of rotatable bonds is 2. The van der Waals surface area contributed by atoms with Crippen LogP contribution in [0.5, 0.6) is 0 Å². The Hall–Kier alpha value is -0.870. The highest BCUT2D eigenvalue weighted by molar-refractivity contribution is 7.16. The first-order chi connectivity index (χ1) is 7.25. The topological polar surface area (TPSA) is 29.0 Å². The SMILES string of the molecule is CN(c1nc(Cl)nc2sccc12)C1CC1. The van der Waals surface area contributed by atoms with Gasteiger partial charge in [-0.2, -0.15) is 4.98 Å². The Kier molecular flexibility index (Phi) is 2.07. The molecule has 0 saturated heterocycles. The molecule has 0 atom stereocenters. The number of hydrogen-bond donors (Lipinski definition) is 0. The number of nitrogens with zero attached hydrogens (tertiary/aromatic N) is 3. The van der Waals surface area contributed by atoms with Crippen molar-refractivity contribution in [1.82, 2.24) is 9.97 Å². The number of fused-ring (bicyclic) bond motifs is 1. The van der Waals surface area contributed by atoms with Crippen molar-refractivity contribution in [2.45, 2.75) is 18.9 Å². The minimum Gasteiger partial charge on any atom is -0.356 e. The van der Waals surface area contributed by atoms with Gasteiger partial charge in [0.15, 0.2) is 0 Å². The molecule has 5 heteroatoms. The second-order valence-electron chi connectivity index (χ2n) is 3.80. The molecule has 1 aliphatic carbocycles. The summed E-state index contributed by atoms with van der Waals surface area (Å²) in [5.41, 5.74) is 0. The zero-order chi connectivity index (χ0) is 10.4. The summed E-state index contributed by atoms with van der Waals surface area (Å²) in [5.74, 6) is 0.966. The fourth-order valence-electron chi connectivity index (χ4n) is 1.72. The fourth-order valence-corrected chi connectivity index (χ4v) is 2.69. The van der Waals surface area contributed by atoms with Crippen LogP contribution in [-0.4, -0.2) is 23.1 Å². The summed E-state index contributed by atoms with van der Waals surface area (Å²) in [5, 5.41) is 3.48. The maximum absolute atomic E-state index is 5.91. The van der Waals surface area contributed by atoms with Crippen LogP contribution in [0, 0.1) is 0 Å². The summed E-state index contributed by atoms with van der Waals surface area (Å²) in [6.45, 7) is 0. The monoisotopic (exact) mass is 239 g/mol. The van der Waals surface area contributed by atoms with Crippen LogP contribution < -0.4 is 4.90 Å². The summed E-state index contributed by atoms with van der Waals surface area (Å²) >= 11 is 7.51. The lowest BCUT2D eigenvalue weighted by molar-refractivity contribution is 0.895. The first kappa shape index (κ1) is 9.36. The predicted molar refractivity (Wildman–Crippen MR) is 63.9 cm³/mol. The Bertz CT molecular complexity index is 506. The molecule has 0 aromatic carbocycles. The van der Waals surface area contributed by atoms with E-state index in [4.69, 9.17) is 11.6 Å². The van der Waals surface area contributed by atoms with E-state index in [0.717, 1.165) is 16.0 Å². The number of anilines is 1. The van der Waals surface area contributed by atoms with Crippen molar-refractivity contribution in [1.29, 1.82) is 0 Å². The molecule has 0 bridgehead atoms. The van der Waals surface area contributed by atoms with Crippen LogP contribution >= 0.6 is 22.9 Å². The van der Waals surface area contributed by atoms with E-state index >= 15 is 0 Å². The predicted octanol–water partition coefficient (Wildman–Crippen LogP) is 2.94. The van der Waals surface area contributed by atoms with Crippen LogP contribution in [-0.2, 0) is 0 Å². The van der Waals surface area contributed by atoms with Gasteiger partial charge in [-0.1, -0.05) is 0 Å². The van der Waals surface area contributed by atoms with E-state index in [1.165, 1.54) is 12.8 Å². The molecule has 1 fully saturated rings. The second kappa shape index (κ2) is 3.32. The molecule has 2 heterocycles. The molecular formula is C10H10ClN3S. The number of halogens is 1. The lowest BCUT2D eigenvalue weighted by Gasteiger charge is -2.17. The zero-order valence-corrected chi connectivity index (χ0v) is 9.85. The second-order valence-corrected chi connectivity index (χ2v) is 5.03. The van der Waals surface area contributed by atoms with Crippen molar-refractivity contribution >= 4 is 39.0 Å². The van der Waals surface area contributed by atoms with Gasteiger partial charge < -0.3 is 4.90 Å². The quantitative estimate of drug-likeness (QED) is 0.755. The average molecular weight is 240 g/mol. The maximum Gasteiger partial charge on any atom is 0.225 e. The maximum atomic E-state index is 5.91. The molecule has 0 spiro atoms. The Balaban J connectivity index is 2.18. The van der Waals surface area contributed by atoms with E-state index in [9.17, 15) is 0 Å². The van der Waals surface area contributed by atoms with Crippen molar-refractivity contribution < 1.29 is 0 Å². The van der Waals surface area contributed by atoms with Crippen molar-refractivity contribution in [2.24, 2.45) is 0 Å². The average Bonchev–Trinajstić information content (AvgIpc) is 2.96. The van der Waals surface area contributed by atoms with Crippen molar-refractivity contribution in [3.05, 3.63) is 16.7 Å². The van der Waals surface area contributed by atoms with Crippen LogP contribution in [0.1, 0.15) is 12.8 Å². The molecule has 3 rings (SSSR count). The van der Waals surface area contributed by atoms with Crippen LogP contribution in [0.15, 0.2) is 11.4 Å². The largest absolute Gasteiger partial charge is 0.356 e. The molecule has 15 heavy (non-hydrogen) atoms. The third-order valence-electron chi connectivity index (χ3n) is 2.71. The first-order valence-corrected chi connectivity index (χ1v) is 6.15. The molecule has 1 aliphatic rings. The minimum atomic E-state index is 0.340. The normalized spacial score (nSPS) is 15.9. The van der Waals surface area contributed by atoms with E-state index in [-0.39, 0.29) is 0 Å². The summed E-state index contributed by atoms with van der Waals surface area (Å²) in [4.78, 5) is 11.7. The number of hydrogen-bond acceptors (Lipinski definition) is 4. The van der Waals surface area contributed by atoms with E-state index < -0.39 is 0 Å². The van der Waals surface area contributed by atoms with Crippen molar-refractivity contribution in [2.75, 3.05) is 11.9 Å². The first-order valence-electron chi connectivity index (χ1n) is 4.89. The van der Waals surface area contributed by atoms with E-state index in [1.807, 2.05) is 5.38 Å². The van der Waals surface area contributed by atoms with Gasteiger partial charge in [-0.15, -0.1) is 11.3 Å². The standard InChI is InChI=1S/C10H10ClN3S/c1-14(6-2-3-6)8-7-4-5-15-9(7)13-10(11)12-8/h4-6H,2-3H2,1H3. The highest BCUT2D eigenvalue weighted by Gasteiger charge is 2.28. The number of thiophene rings is 1. The molecule has 3 nitrogen and oxygen atoms in total. The Morgan fingerprint density at radius 3 is 3.00 bits per heavy atom. The molecular weight excluding hydrogens is 230 g/mol. The molecule has 0 radical (unpaired) electrons. The van der Waals surface area contributed by atoms with Gasteiger partial charge in [0.2, 0.25) is 5.28 Å². The van der Waals surface area contributed by atoms with Crippen LogP contribution in [0.2, 0.25) is 5.28 Å². The van der Waals surface area contributed by atoms with E-state index in [2.05, 4.69) is 28.0 Å². The Morgan fingerprint density at radius 2 is 2.27 bits per heavy atom.